The summed E-state index contributed by atoms with van der Waals surface area (Å²) >= 11 is 25.7. The molecule has 0 amide bonds. The number of aryl methyl sites for hydroxylation is 2. The molecule has 2 aliphatic heterocycles. The van der Waals surface area contributed by atoms with Crippen LogP contribution in [0.25, 0.3) is 17.1 Å². The Morgan fingerprint density at radius 2 is 1.52 bits per heavy atom. The zero-order valence-electron chi connectivity index (χ0n) is 26.7. The van der Waals surface area contributed by atoms with E-state index < -0.39 is 36.7 Å². The van der Waals surface area contributed by atoms with Gasteiger partial charge in [0.05, 0.1) is 51.2 Å². The number of hydrogen-bond acceptors (Lipinski definition) is 8. The molecule has 3 aromatic rings. The monoisotopic (exact) mass is 743 g/mol. The summed E-state index contributed by atoms with van der Waals surface area (Å²) in [6.07, 6.45) is -0.965. The van der Waals surface area contributed by atoms with Crippen molar-refractivity contribution < 1.29 is 39.3 Å². The number of hydrogen-bond donors (Lipinski definition) is 4. The fraction of sp³-hybridized carbons (Fsp3) is 0.455. The van der Waals surface area contributed by atoms with E-state index in [4.69, 9.17) is 55.9 Å². The smallest absolute Gasteiger partial charge is 0.335 e. The van der Waals surface area contributed by atoms with Crippen LogP contribution in [0, 0.1) is 0 Å². The largest absolute Gasteiger partial charge is 0.479 e. The number of aliphatic hydroxyl groups is 3. The Morgan fingerprint density at radius 1 is 0.917 bits per heavy atom. The molecule has 2 aliphatic rings. The van der Waals surface area contributed by atoms with Crippen LogP contribution in [0.5, 0.6) is 0 Å². The van der Waals surface area contributed by atoms with E-state index in [-0.39, 0.29) is 6.61 Å². The van der Waals surface area contributed by atoms with Gasteiger partial charge in [-0.2, -0.15) is 0 Å². The van der Waals surface area contributed by atoms with Crippen molar-refractivity contribution >= 4 is 80.9 Å². The summed E-state index contributed by atoms with van der Waals surface area (Å²) in [4.78, 5) is 15.9. The average Bonchev–Trinajstić information content (AvgIpc) is 3.49. The number of fused-ring (bicyclic) bond motifs is 2. The summed E-state index contributed by atoms with van der Waals surface area (Å²) in [5.74, 6) is 0.390. The Hall–Kier alpha value is -2.58. The van der Waals surface area contributed by atoms with E-state index in [2.05, 4.69) is 45.8 Å². The van der Waals surface area contributed by atoms with Crippen molar-refractivity contribution in [1.29, 1.82) is 0 Å². The van der Waals surface area contributed by atoms with Gasteiger partial charge in [0.2, 0.25) is 0 Å². The Kier molecular flexibility index (Phi) is 11.9. The number of nitrogens with zero attached hydrogens (tertiary/aromatic N) is 4. The first-order valence-corrected chi connectivity index (χ1v) is 17.3. The van der Waals surface area contributed by atoms with Gasteiger partial charge in [-0.05, 0) is 38.5 Å². The van der Waals surface area contributed by atoms with Gasteiger partial charge >= 0.3 is 5.97 Å². The van der Waals surface area contributed by atoms with Gasteiger partial charge in [-0.3, -0.25) is 0 Å². The van der Waals surface area contributed by atoms with Gasteiger partial charge in [0.15, 0.2) is 23.4 Å². The number of carboxylic acid groups (broad SMARTS) is 1. The third-order valence-corrected chi connectivity index (χ3v) is 9.94. The summed E-state index contributed by atoms with van der Waals surface area (Å²) < 4.78 is 15.2. The van der Waals surface area contributed by atoms with Gasteiger partial charge in [0, 0.05) is 37.7 Å². The first-order valence-electron chi connectivity index (χ1n) is 15.8. The summed E-state index contributed by atoms with van der Waals surface area (Å²) in [5, 5.41) is 41.6. The molecule has 0 bridgehead atoms. The third kappa shape index (κ3) is 7.03. The van der Waals surface area contributed by atoms with Crippen LogP contribution in [0.2, 0.25) is 20.1 Å². The first kappa shape index (κ1) is 36.7. The van der Waals surface area contributed by atoms with Gasteiger partial charge in [0.25, 0.3) is 5.82 Å². The van der Waals surface area contributed by atoms with Crippen LogP contribution in [-0.2, 0) is 27.4 Å². The van der Waals surface area contributed by atoms with Crippen LogP contribution in [0.1, 0.15) is 39.4 Å². The number of ether oxygens (including phenoxy) is 2. The molecule has 15 heteroatoms. The lowest BCUT2D eigenvalue weighted by Crippen LogP contribution is -2.60. The normalized spacial score (nSPS) is 22.7. The molecule has 48 heavy (non-hydrogen) atoms. The number of allylic oxidation sites excluding steroid dienone is 2. The quantitative estimate of drug-likeness (QED) is 0.141. The molecule has 5 rings (SSSR count). The Morgan fingerprint density at radius 3 is 2.10 bits per heavy atom. The third-order valence-electron chi connectivity index (χ3n) is 8.50. The summed E-state index contributed by atoms with van der Waals surface area (Å²) in [7, 11) is 0. The minimum absolute atomic E-state index is 0.0547. The van der Waals surface area contributed by atoms with Gasteiger partial charge in [0.1, 0.15) is 24.1 Å². The van der Waals surface area contributed by atoms with Crippen molar-refractivity contribution in [3.05, 3.63) is 68.2 Å². The molecule has 3 heterocycles. The highest BCUT2D eigenvalue weighted by Crippen LogP contribution is 2.45. The summed E-state index contributed by atoms with van der Waals surface area (Å²) in [6, 6.07) is 7.45. The average molecular weight is 746 g/mol. The zero-order chi connectivity index (χ0) is 34.9. The Bertz CT molecular complexity index is 1690. The molecule has 0 saturated carbocycles. The number of anilines is 2. The second-order valence-electron chi connectivity index (χ2n) is 11.5. The lowest BCUT2D eigenvalue weighted by molar-refractivity contribution is -0.674. The van der Waals surface area contributed by atoms with Crippen molar-refractivity contribution in [3.8, 4) is 0 Å². The van der Waals surface area contributed by atoms with Crippen LogP contribution >= 0.6 is 46.4 Å². The number of aliphatic hydroxyl groups excluding tert-OH is 3. The Labute approximate surface area is 298 Å². The minimum Gasteiger partial charge on any atom is -0.479 e. The first-order chi connectivity index (χ1) is 22.9. The highest BCUT2D eigenvalue weighted by Gasteiger charge is 2.47. The number of aliphatic carboxylic acids is 1. The standard InChI is InChI=1S/C33H38Cl4N4O7/c1-4-11-40-24-16-20(36)21(37)17-25(24)41(12-8-13-47-33-30(44)28(42)29(43)31(48-33)32(45)46)27(40)10-7-9-26-38(5-2)22-14-18(34)19(35)15-23(22)39(26)6-3/h7,9-10,14-17,28-31,33,42-44H,4-6,8,11-13H2,1-3H3/p+1/t28?,29-,30-,31?,33+/m0/s1. The maximum Gasteiger partial charge on any atom is 0.335 e. The number of carboxylic acids is 1. The van der Waals surface area contributed by atoms with E-state index in [1.165, 1.54) is 0 Å². The van der Waals surface area contributed by atoms with E-state index >= 15 is 0 Å². The summed E-state index contributed by atoms with van der Waals surface area (Å²) in [6.45, 7) is 8.89. The van der Waals surface area contributed by atoms with Gasteiger partial charge < -0.3 is 39.7 Å². The second kappa shape index (κ2) is 15.5. The van der Waals surface area contributed by atoms with E-state index in [1.807, 2.05) is 36.4 Å². The highest BCUT2D eigenvalue weighted by atomic mass is 35.5. The topological polar surface area (TPSA) is 132 Å². The van der Waals surface area contributed by atoms with Crippen LogP contribution in [-0.4, -0.2) is 81.4 Å². The van der Waals surface area contributed by atoms with Crippen molar-refractivity contribution in [1.82, 2.24) is 4.57 Å². The van der Waals surface area contributed by atoms with E-state index in [9.17, 15) is 25.2 Å². The number of carbonyl (C=O) groups is 1. The fourth-order valence-electron chi connectivity index (χ4n) is 6.25. The lowest BCUT2D eigenvalue weighted by atomic mass is 9.99. The molecule has 2 unspecified atom stereocenters. The van der Waals surface area contributed by atoms with E-state index in [1.54, 1.807) is 0 Å². The molecule has 1 aromatic heterocycles. The van der Waals surface area contributed by atoms with Gasteiger partial charge in [-0.15, -0.1) is 0 Å². The van der Waals surface area contributed by atoms with E-state index in [0.717, 1.165) is 53.6 Å². The fourth-order valence-corrected chi connectivity index (χ4v) is 6.88. The van der Waals surface area contributed by atoms with Gasteiger partial charge in [-0.1, -0.05) is 59.4 Å². The maximum atomic E-state index is 11.5. The SMILES string of the molecule is CCC[n+]1c(C=CC=C2N(CC)c3cc(Cl)c(Cl)cc3N2CC)n(CCCO[C@@H]2OC(C(=O)O)[C@@H](O)C(O)[C@@H]2O)c2cc(Cl)c(Cl)cc21. The second-order valence-corrected chi connectivity index (χ2v) is 13.1. The molecule has 2 aromatic carbocycles. The predicted molar refractivity (Wildman–Crippen MR) is 187 cm³/mol. The molecule has 260 valence electrons. The molecular weight excluding hydrogens is 706 g/mol. The Balaban J connectivity index is 1.45. The van der Waals surface area contributed by atoms with Gasteiger partial charge in [-0.25, -0.2) is 13.9 Å². The molecule has 0 spiro atoms. The number of imidazole rings is 1. The van der Waals surface area contributed by atoms with Crippen LogP contribution in [0.4, 0.5) is 11.4 Å². The molecule has 11 nitrogen and oxygen atoms in total. The lowest BCUT2D eigenvalue weighted by Gasteiger charge is -2.38. The number of aromatic nitrogens is 2. The van der Waals surface area contributed by atoms with Crippen molar-refractivity contribution in [2.24, 2.45) is 0 Å². The number of rotatable bonds is 12. The molecular formula is C33H39Cl4N4O7+. The van der Waals surface area contributed by atoms with Crippen LogP contribution in [0.3, 0.4) is 0 Å². The van der Waals surface area contributed by atoms with Crippen LogP contribution in [0.15, 0.2) is 42.2 Å². The number of halogens is 4. The molecule has 0 aliphatic carbocycles. The van der Waals surface area contributed by atoms with Crippen molar-refractivity contribution in [3.63, 3.8) is 0 Å². The molecule has 0 radical (unpaired) electrons. The molecule has 5 atom stereocenters. The van der Waals surface area contributed by atoms with Crippen molar-refractivity contribution in [2.75, 3.05) is 29.5 Å². The van der Waals surface area contributed by atoms with Crippen LogP contribution < -0.4 is 14.4 Å². The predicted octanol–water partition coefficient (Wildman–Crippen LogP) is 5.47. The molecule has 1 saturated heterocycles. The maximum absolute atomic E-state index is 11.5. The summed E-state index contributed by atoms with van der Waals surface area (Å²) in [5.41, 5.74) is 3.72. The molecule has 4 N–H and O–H groups in total. The zero-order valence-corrected chi connectivity index (χ0v) is 29.7. The molecule has 1 fully saturated rings. The van der Waals surface area contributed by atoms with Crippen molar-refractivity contribution in [2.45, 2.75) is 77.4 Å². The minimum atomic E-state index is -1.79. The number of benzene rings is 2. The highest BCUT2D eigenvalue weighted by molar-refractivity contribution is 6.43. The van der Waals surface area contributed by atoms with E-state index in [0.29, 0.717) is 39.6 Å².